The molecule has 1 aromatic carbocycles. The normalized spacial score (nSPS) is 14.4. The van der Waals surface area contributed by atoms with E-state index in [2.05, 4.69) is 31.3 Å². The Kier molecular flexibility index (Phi) is 9.37. The smallest absolute Gasteiger partial charge is 0.444 e. The number of anilines is 2. The van der Waals surface area contributed by atoms with E-state index in [1.54, 1.807) is 30.2 Å². The van der Waals surface area contributed by atoms with Crippen molar-refractivity contribution in [2.75, 3.05) is 36.4 Å². The van der Waals surface area contributed by atoms with E-state index in [1.165, 1.54) is 12.1 Å². The summed E-state index contributed by atoms with van der Waals surface area (Å²) in [4.78, 5) is 46.9. The quantitative estimate of drug-likeness (QED) is 0.352. The van der Waals surface area contributed by atoms with Gasteiger partial charge in [-0.15, -0.1) is 5.10 Å². The highest BCUT2D eigenvalue weighted by atomic mass is 79.9. The molecule has 0 radical (unpaired) electrons. The predicted molar refractivity (Wildman–Crippen MR) is 156 cm³/mol. The summed E-state index contributed by atoms with van der Waals surface area (Å²) in [6.45, 7) is 8.21. The molecule has 2 aromatic heterocycles. The Hall–Kier alpha value is -2.98. The van der Waals surface area contributed by atoms with Crippen molar-refractivity contribution in [3.8, 4) is 0 Å². The average molecular weight is 695 g/mol. The van der Waals surface area contributed by atoms with Crippen LogP contribution in [0, 0.1) is 0 Å². The molecule has 3 aromatic rings. The maximum absolute atomic E-state index is 13.6. The maximum Gasteiger partial charge on any atom is 0.446 e. The zero-order valence-electron chi connectivity index (χ0n) is 23.1. The highest BCUT2D eigenvalue weighted by Gasteiger charge is 2.31. The zero-order valence-corrected chi connectivity index (χ0v) is 26.2. The van der Waals surface area contributed by atoms with Gasteiger partial charge >= 0.3 is 11.6 Å². The second-order valence-corrected chi connectivity index (χ2v) is 12.6. The van der Waals surface area contributed by atoms with Crippen LogP contribution in [0.15, 0.2) is 32.6 Å². The van der Waals surface area contributed by atoms with Gasteiger partial charge in [0.05, 0.1) is 16.4 Å². The number of fused-ring (bicyclic) bond motifs is 1. The maximum atomic E-state index is 13.6. The van der Waals surface area contributed by atoms with E-state index in [4.69, 9.17) is 16.3 Å². The van der Waals surface area contributed by atoms with Crippen LogP contribution < -0.4 is 15.8 Å². The first-order valence-corrected chi connectivity index (χ1v) is 14.8. The lowest BCUT2D eigenvalue weighted by Gasteiger charge is -2.37. The topological polar surface area (TPSA) is 114 Å². The van der Waals surface area contributed by atoms with Crippen LogP contribution in [-0.2, 0) is 22.5 Å². The lowest BCUT2D eigenvalue weighted by molar-refractivity contribution is -0.116. The van der Waals surface area contributed by atoms with Crippen LogP contribution in [0.3, 0.4) is 0 Å². The molecule has 1 aliphatic rings. The fourth-order valence-electron chi connectivity index (χ4n) is 4.47. The first-order chi connectivity index (χ1) is 19.6. The third kappa shape index (κ3) is 7.50. The number of hydrogen-bond donors (Lipinski definition) is 1. The van der Waals surface area contributed by atoms with Crippen LogP contribution in [0.5, 0.6) is 0 Å². The number of carbonyl (C=O) groups excluding carboxylic acids is 2. The first-order valence-electron chi connectivity index (χ1n) is 12.8. The van der Waals surface area contributed by atoms with Crippen molar-refractivity contribution < 1.29 is 27.5 Å². The first kappa shape index (κ1) is 31.9. The minimum atomic E-state index is -4.48. The Labute approximate surface area is 256 Å². The largest absolute Gasteiger partial charge is 0.446 e. The second-order valence-electron chi connectivity index (χ2n) is 10.3. The van der Waals surface area contributed by atoms with Gasteiger partial charge in [-0.25, -0.2) is 4.79 Å². The molecule has 1 N–H and O–H groups in total. The molecule has 0 atom stereocenters. The SMILES string of the molecule is CCc1c(N2CCN(C(=O)OC(C)(C)C)CC2)c(=O)n2nc(Br)nc2n1CC(=O)Nc1ccc(SC(F)(F)F)cc1Cl. The fraction of sp³-hybridized carbons (Fsp3) is 0.480. The summed E-state index contributed by atoms with van der Waals surface area (Å²) in [5.41, 5.74) is -4.57. The van der Waals surface area contributed by atoms with Crippen LogP contribution in [0.1, 0.15) is 33.4 Å². The van der Waals surface area contributed by atoms with Crippen molar-refractivity contribution in [3.05, 3.63) is 44.0 Å². The van der Waals surface area contributed by atoms with Gasteiger partial charge in [0, 0.05) is 31.1 Å². The molecule has 1 saturated heterocycles. The average Bonchev–Trinajstić information content (AvgIpc) is 3.27. The van der Waals surface area contributed by atoms with Gasteiger partial charge in [0.2, 0.25) is 16.4 Å². The van der Waals surface area contributed by atoms with Gasteiger partial charge in [-0.1, -0.05) is 18.5 Å². The van der Waals surface area contributed by atoms with Crippen molar-refractivity contribution in [1.82, 2.24) is 24.1 Å². The minimum Gasteiger partial charge on any atom is -0.444 e. The van der Waals surface area contributed by atoms with E-state index in [0.717, 1.165) is 10.6 Å². The van der Waals surface area contributed by atoms with E-state index in [1.807, 2.05) is 11.8 Å². The molecule has 11 nitrogen and oxygen atoms in total. The number of aromatic nitrogens is 4. The number of piperazine rings is 1. The number of amides is 2. The van der Waals surface area contributed by atoms with Crippen LogP contribution in [-0.4, -0.2) is 73.4 Å². The highest BCUT2D eigenvalue weighted by molar-refractivity contribution is 9.10. The monoisotopic (exact) mass is 693 g/mol. The number of rotatable bonds is 6. The van der Waals surface area contributed by atoms with Crippen LogP contribution in [0.4, 0.5) is 29.3 Å². The van der Waals surface area contributed by atoms with E-state index in [-0.39, 0.29) is 44.4 Å². The standard InChI is InChI=1S/C25H28BrClF3N7O4S/c1-5-17-19(34-8-10-35(11-9-34)23(40)41-24(2,3)4)20(39)37-22(32-21(26)33-37)36(17)13-18(38)31-16-7-6-14(12-15(16)27)42-25(28,29)30/h6-7,12H,5,8-11,13H2,1-4H3,(H,31,38). The molecule has 0 spiro atoms. The molecule has 4 rings (SSSR count). The predicted octanol–water partition coefficient (Wildman–Crippen LogP) is 5.18. The van der Waals surface area contributed by atoms with Crippen molar-refractivity contribution in [2.45, 2.75) is 56.7 Å². The van der Waals surface area contributed by atoms with Gasteiger partial charge in [-0.2, -0.15) is 22.7 Å². The number of benzene rings is 1. The number of nitrogens with zero attached hydrogens (tertiary/aromatic N) is 6. The Morgan fingerprint density at radius 3 is 2.40 bits per heavy atom. The Morgan fingerprint density at radius 1 is 1.17 bits per heavy atom. The highest BCUT2D eigenvalue weighted by Crippen LogP contribution is 2.39. The number of thioether (sulfide) groups is 1. The summed E-state index contributed by atoms with van der Waals surface area (Å²) >= 11 is 9.04. The molecular formula is C25H28BrClF3N7O4S. The van der Waals surface area contributed by atoms with E-state index < -0.39 is 28.7 Å². The Morgan fingerprint density at radius 2 is 1.83 bits per heavy atom. The lowest BCUT2D eigenvalue weighted by atomic mass is 10.2. The molecule has 0 bridgehead atoms. The van der Waals surface area contributed by atoms with E-state index >= 15 is 0 Å². The Bertz CT molecular complexity index is 1570. The number of ether oxygens (including phenoxy) is 1. The molecular weight excluding hydrogens is 667 g/mol. The second kappa shape index (κ2) is 12.3. The molecule has 1 fully saturated rings. The minimum absolute atomic E-state index is 0.0628. The van der Waals surface area contributed by atoms with Gasteiger partial charge < -0.3 is 24.4 Å². The van der Waals surface area contributed by atoms with Crippen molar-refractivity contribution in [3.63, 3.8) is 0 Å². The van der Waals surface area contributed by atoms with Gasteiger partial charge in [0.25, 0.3) is 5.56 Å². The van der Waals surface area contributed by atoms with Gasteiger partial charge in [0.15, 0.2) is 0 Å². The summed E-state index contributed by atoms with van der Waals surface area (Å²) in [5, 5.41) is 6.72. The third-order valence-corrected chi connectivity index (χ3v) is 7.50. The summed E-state index contributed by atoms with van der Waals surface area (Å²) in [7, 11) is 0. The summed E-state index contributed by atoms with van der Waals surface area (Å²) in [6.07, 6.45) is -0.0822. The van der Waals surface area contributed by atoms with Crippen LogP contribution in [0.2, 0.25) is 5.02 Å². The molecule has 0 unspecified atom stereocenters. The van der Waals surface area contributed by atoms with Crippen LogP contribution in [0.25, 0.3) is 5.78 Å². The molecule has 0 saturated carbocycles. The van der Waals surface area contributed by atoms with Crippen LogP contribution >= 0.6 is 39.3 Å². The molecule has 0 aliphatic carbocycles. The van der Waals surface area contributed by atoms with Crippen molar-refractivity contribution in [1.29, 1.82) is 0 Å². The lowest BCUT2D eigenvalue weighted by Crippen LogP contribution is -2.51. The van der Waals surface area contributed by atoms with Gasteiger partial charge in [-0.05, 0) is 73.1 Å². The number of hydrogen-bond acceptors (Lipinski definition) is 8. The number of carbonyl (C=O) groups is 2. The Balaban J connectivity index is 1.61. The summed E-state index contributed by atoms with van der Waals surface area (Å²) in [6, 6.07) is 3.62. The number of halogens is 5. The van der Waals surface area contributed by atoms with Gasteiger partial charge in [-0.3, -0.25) is 9.59 Å². The number of alkyl halides is 3. The summed E-state index contributed by atoms with van der Waals surface area (Å²) in [5.74, 6) is -0.425. The van der Waals surface area contributed by atoms with Crippen molar-refractivity contribution >= 4 is 68.4 Å². The zero-order chi connectivity index (χ0) is 31.0. The molecule has 3 heterocycles. The van der Waals surface area contributed by atoms with E-state index in [0.29, 0.717) is 44.0 Å². The number of nitrogens with one attached hydrogen (secondary N) is 1. The van der Waals surface area contributed by atoms with Crippen molar-refractivity contribution in [2.24, 2.45) is 0 Å². The molecule has 17 heteroatoms. The van der Waals surface area contributed by atoms with Gasteiger partial charge in [0.1, 0.15) is 17.8 Å². The molecule has 228 valence electrons. The molecule has 2 amide bonds. The third-order valence-electron chi connectivity index (χ3n) is 6.13. The molecule has 1 aliphatic heterocycles. The fourth-order valence-corrected chi connectivity index (χ4v) is 5.66. The van der Waals surface area contributed by atoms with E-state index in [9.17, 15) is 27.6 Å². The summed E-state index contributed by atoms with van der Waals surface area (Å²) < 4.78 is 46.4. The molecule has 42 heavy (non-hydrogen) atoms.